The summed E-state index contributed by atoms with van der Waals surface area (Å²) in [5.41, 5.74) is -0.197. The third kappa shape index (κ3) is 4.38. The van der Waals surface area contributed by atoms with E-state index in [0.29, 0.717) is 30.1 Å². The van der Waals surface area contributed by atoms with Gasteiger partial charge in [0.15, 0.2) is 6.61 Å². The van der Waals surface area contributed by atoms with E-state index in [0.717, 1.165) is 19.3 Å². The molecule has 2 heterocycles. The first-order chi connectivity index (χ1) is 15.4. The molecule has 1 atom stereocenters. The Morgan fingerprint density at radius 2 is 1.81 bits per heavy atom. The van der Waals surface area contributed by atoms with Crippen LogP contribution in [0.4, 0.5) is 4.79 Å². The van der Waals surface area contributed by atoms with Gasteiger partial charge in [0.2, 0.25) is 5.91 Å². The molecule has 1 aromatic rings. The first-order valence-electron chi connectivity index (χ1n) is 11.5. The van der Waals surface area contributed by atoms with Crippen molar-refractivity contribution in [3.63, 3.8) is 0 Å². The monoisotopic (exact) mass is 443 g/mol. The summed E-state index contributed by atoms with van der Waals surface area (Å²) in [7, 11) is 0. The van der Waals surface area contributed by atoms with E-state index in [1.54, 1.807) is 12.1 Å². The molecule has 172 valence electrons. The molecule has 4 saturated carbocycles. The zero-order valence-corrected chi connectivity index (χ0v) is 18.0. The molecule has 9 nitrogen and oxygen atoms in total. The van der Waals surface area contributed by atoms with Crippen LogP contribution in [0.5, 0.6) is 0 Å². The second kappa shape index (κ2) is 8.26. The second-order valence-corrected chi connectivity index (χ2v) is 10.1. The zero-order chi connectivity index (χ0) is 22.3. The fourth-order valence-corrected chi connectivity index (χ4v) is 6.63. The number of urea groups is 1. The lowest BCUT2D eigenvalue weighted by atomic mass is 9.53. The van der Waals surface area contributed by atoms with E-state index in [4.69, 9.17) is 9.15 Å². The maximum absolute atomic E-state index is 12.4. The zero-order valence-electron chi connectivity index (χ0n) is 18.0. The van der Waals surface area contributed by atoms with Crippen LogP contribution in [0, 0.1) is 23.7 Å². The summed E-state index contributed by atoms with van der Waals surface area (Å²) in [6.45, 7) is -0.0386. The lowest BCUT2D eigenvalue weighted by molar-refractivity contribution is -0.152. The Hall–Kier alpha value is -2.84. The van der Waals surface area contributed by atoms with Crippen molar-refractivity contribution >= 4 is 23.8 Å². The van der Waals surface area contributed by atoms with E-state index in [9.17, 15) is 19.2 Å². The molecule has 5 fully saturated rings. The van der Waals surface area contributed by atoms with Gasteiger partial charge in [0.05, 0.1) is 18.7 Å². The number of esters is 1. The number of nitrogens with one attached hydrogen (secondary N) is 2. The van der Waals surface area contributed by atoms with Crippen LogP contribution in [-0.4, -0.2) is 47.4 Å². The average Bonchev–Trinajstić information content (AvgIpc) is 3.35. The van der Waals surface area contributed by atoms with Crippen LogP contribution in [0.1, 0.15) is 50.7 Å². The Labute approximate surface area is 186 Å². The number of nitrogens with zero attached hydrogens (tertiary/aromatic N) is 1. The summed E-state index contributed by atoms with van der Waals surface area (Å²) in [5.74, 6) is 0.596. The number of furan rings is 1. The van der Waals surface area contributed by atoms with E-state index in [1.807, 2.05) is 0 Å². The first kappa shape index (κ1) is 21.0. The molecule has 0 aromatic carbocycles. The summed E-state index contributed by atoms with van der Waals surface area (Å²) >= 11 is 0. The van der Waals surface area contributed by atoms with Gasteiger partial charge in [-0.05, 0) is 68.4 Å². The normalized spacial score (nSPS) is 32.8. The van der Waals surface area contributed by atoms with Crippen LogP contribution in [0.25, 0.3) is 0 Å². The summed E-state index contributed by atoms with van der Waals surface area (Å²) in [6.07, 6.45) is 8.31. The Morgan fingerprint density at radius 3 is 2.44 bits per heavy atom. The predicted molar refractivity (Wildman–Crippen MR) is 111 cm³/mol. The van der Waals surface area contributed by atoms with Gasteiger partial charge in [0.25, 0.3) is 5.91 Å². The molecule has 1 aromatic heterocycles. The number of carbonyl (C=O) groups is 4. The minimum atomic E-state index is -0.669. The number of hydrogen-bond acceptors (Lipinski definition) is 6. The van der Waals surface area contributed by atoms with Crippen molar-refractivity contribution in [3.05, 3.63) is 24.2 Å². The largest absolute Gasteiger partial charge is 0.467 e. The maximum atomic E-state index is 12.4. The number of imide groups is 1. The molecule has 9 heteroatoms. The molecule has 1 aliphatic heterocycles. The molecule has 6 rings (SSSR count). The highest BCUT2D eigenvalue weighted by Crippen LogP contribution is 2.55. The SMILES string of the molecule is O=C(COC(=O)[C@H]1CC(=O)N(Cc2ccco2)C1)NC(=O)NC12CC3CC(CC(C3)C1)C2. The van der Waals surface area contributed by atoms with Crippen LogP contribution in [0.3, 0.4) is 0 Å². The van der Waals surface area contributed by atoms with E-state index in [2.05, 4.69) is 10.6 Å². The number of likely N-dealkylation sites (tertiary alicyclic amines) is 1. The third-order valence-electron chi connectivity index (χ3n) is 7.49. The number of hydrogen-bond donors (Lipinski definition) is 2. The van der Waals surface area contributed by atoms with E-state index in [-0.39, 0.29) is 24.4 Å². The van der Waals surface area contributed by atoms with Crippen LogP contribution >= 0.6 is 0 Å². The Balaban J connectivity index is 1.06. The molecule has 0 unspecified atom stereocenters. The van der Waals surface area contributed by atoms with Gasteiger partial charge < -0.3 is 19.4 Å². The van der Waals surface area contributed by atoms with E-state index >= 15 is 0 Å². The van der Waals surface area contributed by atoms with Gasteiger partial charge in [-0.3, -0.25) is 19.7 Å². The third-order valence-corrected chi connectivity index (χ3v) is 7.49. The number of ether oxygens (including phenoxy) is 1. The van der Waals surface area contributed by atoms with E-state index < -0.39 is 30.4 Å². The van der Waals surface area contributed by atoms with Gasteiger partial charge in [0, 0.05) is 18.5 Å². The van der Waals surface area contributed by atoms with Gasteiger partial charge in [-0.1, -0.05) is 0 Å². The molecule has 0 spiro atoms. The first-order valence-corrected chi connectivity index (χ1v) is 11.5. The molecule has 4 aliphatic carbocycles. The van der Waals surface area contributed by atoms with Gasteiger partial charge >= 0.3 is 12.0 Å². The lowest BCUT2D eigenvalue weighted by Crippen LogP contribution is -2.62. The van der Waals surface area contributed by atoms with Crippen molar-refractivity contribution in [2.45, 2.75) is 57.0 Å². The fraction of sp³-hybridized carbons (Fsp3) is 0.652. The minimum Gasteiger partial charge on any atom is -0.467 e. The van der Waals surface area contributed by atoms with Crippen molar-refractivity contribution in [1.29, 1.82) is 0 Å². The highest BCUT2D eigenvalue weighted by Gasteiger charge is 2.51. The molecular weight excluding hydrogens is 414 g/mol. The Bertz CT molecular complexity index is 876. The summed E-state index contributed by atoms with van der Waals surface area (Å²) in [4.78, 5) is 50.6. The highest BCUT2D eigenvalue weighted by molar-refractivity contribution is 5.96. The quantitative estimate of drug-likeness (QED) is 0.649. The van der Waals surface area contributed by atoms with Crippen molar-refractivity contribution in [2.24, 2.45) is 23.7 Å². The average molecular weight is 444 g/mol. The van der Waals surface area contributed by atoms with Crippen molar-refractivity contribution in [2.75, 3.05) is 13.2 Å². The van der Waals surface area contributed by atoms with Gasteiger partial charge in [-0.25, -0.2) is 4.79 Å². The van der Waals surface area contributed by atoms with Gasteiger partial charge in [0.1, 0.15) is 5.76 Å². The molecular formula is C23H29N3O6. The molecule has 0 radical (unpaired) electrons. The number of rotatable bonds is 6. The Morgan fingerprint density at radius 1 is 1.12 bits per heavy atom. The van der Waals surface area contributed by atoms with Crippen LogP contribution in [0.2, 0.25) is 0 Å². The topological polar surface area (TPSA) is 118 Å². The van der Waals surface area contributed by atoms with Crippen LogP contribution in [-0.2, 0) is 25.7 Å². The fourth-order valence-electron chi connectivity index (χ4n) is 6.63. The van der Waals surface area contributed by atoms with Crippen molar-refractivity contribution in [1.82, 2.24) is 15.5 Å². The Kier molecular flexibility index (Phi) is 5.43. The van der Waals surface area contributed by atoms with E-state index in [1.165, 1.54) is 30.4 Å². The minimum absolute atomic E-state index is 0.0354. The standard InChI is InChI=1S/C23H29N3O6/c27-19(24-22(30)25-23-8-14-4-15(9-23)6-16(5-14)10-23)13-32-21(29)17-7-20(28)26(11-17)12-18-2-1-3-31-18/h1-3,14-17H,4-13H2,(H2,24,25,27,30)/t14?,15?,16?,17-,23?/m0/s1. The summed E-state index contributed by atoms with van der Waals surface area (Å²) in [5, 5.41) is 5.35. The van der Waals surface area contributed by atoms with Crippen LogP contribution in [0.15, 0.2) is 22.8 Å². The summed E-state index contributed by atoms with van der Waals surface area (Å²) < 4.78 is 10.3. The smallest absolute Gasteiger partial charge is 0.321 e. The molecule has 32 heavy (non-hydrogen) atoms. The number of amides is 4. The molecule has 1 saturated heterocycles. The molecule has 4 bridgehead atoms. The van der Waals surface area contributed by atoms with Crippen molar-refractivity contribution in [3.8, 4) is 0 Å². The summed E-state index contributed by atoms with van der Waals surface area (Å²) in [6, 6.07) is 2.98. The van der Waals surface area contributed by atoms with Crippen LogP contribution < -0.4 is 10.6 Å². The number of carbonyl (C=O) groups excluding carboxylic acids is 4. The molecule has 2 N–H and O–H groups in total. The maximum Gasteiger partial charge on any atom is 0.321 e. The van der Waals surface area contributed by atoms with Gasteiger partial charge in [-0.2, -0.15) is 0 Å². The lowest BCUT2D eigenvalue weighted by Gasteiger charge is -2.56. The second-order valence-electron chi connectivity index (χ2n) is 10.1. The van der Waals surface area contributed by atoms with Crippen molar-refractivity contribution < 1.29 is 28.3 Å². The predicted octanol–water partition coefficient (Wildman–Crippen LogP) is 1.97. The molecule has 4 amide bonds. The van der Waals surface area contributed by atoms with Gasteiger partial charge in [-0.15, -0.1) is 0 Å². The molecule has 5 aliphatic rings. The highest BCUT2D eigenvalue weighted by atomic mass is 16.5.